The molecule has 1 fully saturated rings. The van der Waals surface area contributed by atoms with Gasteiger partial charge in [0.05, 0.1) is 23.1 Å². The summed E-state index contributed by atoms with van der Waals surface area (Å²) in [5.74, 6) is -1.18. The summed E-state index contributed by atoms with van der Waals surface area (Å²) in [6.45, 7) is 1.04. The maximum Gasteiger partial charge on any atom is 0.295 e. The van der Waals surface area contributed by atoms with Crippen molar-refractivity contribution in [2.75, 3.05) is 33.5 Å². The van der Waals surface area contributed by atoms with E-state index in [0.29, 0.717) is 30.3 Å². The average molecular weight is 440 g/mol. The monoisotopic (exact) mass is 440 g/mol. The van der Waals surface area contributed by atoms with Crippen LogP contribution in [-0.4, -0.2) is 60.1 Å². The second-order valence-electron chi connectivity index (χ2n) is 7.20. The Balaban J connectivity index is 1.86. The molecular formula is C22H20N2O8. The van der Waals surface area contributed by atoms with Gasteiger partial charge in [0, 0.05) is 31.4 Å². The van der Waals surface area contributed by atoms with E-state index in [1.54, 1.807) is 18.2 Å². The van der Waals surface area contributed by atoms with Crippen LogP contribution in [0.2, 0.25) is 0 Å². The Bertz CT molecular complexity index is 1130. The summed E-state index contributed by atoms with van der Waals surface area (Å²) in [5.41, 5.74) is 0.171. The maximum atomic E-state index is 12.9. The molecule has 1 atom stereocenters. The second-order valence-corrected chi connectivity index (χ2v) is 7.20. The van der Waals surface area contributed by atoms with Crippen molar-refractivity contribution in [2.24, 2.45) is 0 Å². The molecule has 2 aliphatic rings. The highest BCUT2D eigenvalue weighted by atomic mass is 16.6. The van der Waals surface area contributed by atoms with Gasteiger partial charge in [-0.1, -0.05) is 18.2 Å². The molecular weight excluding hydrogens is 420 g/mol. The van der Waals surface area contributed by atoms with Gasteiger partial charge in [-0.15, -0.1) is 0 Å². The zero-order chi connectivity index (χ0) is 22.8. The van der Waals surface area contributed by atoms with Gasteiger partial charge in [0.25, 0.3) is 17.4 Å². The third kappa shape index (κ3) is 3.76. The molecule has 166 valence electrons. The van der Waals surface area contributed by atoms with Crippen molar-refractivity contribution >= 4 is 23.1 Å². The van der Waals surface area contributed by atoms with Crippen LogP contribution in [0.4, 0.5) is 5.69 Å². The van der Waals surface area contributed by atoms with Gasteiger partial charge in [-0.2, -0.15) is 0 Å². The van der Waals surface area contributed by atoms with Gasteiger partial charge < -0.3 is 24.2 Å². The fourth-order valence-corrected chi connectivity index (χ4v) is 3.80. The van der Waals surface area contributed by atoms with E-state index in [1.807, 2.05) is 0 Å². The Morgan fingerprint density at radius 2 is 1.94 bits per heavy atom. The Kier molecular flexibility index (Phi) is 5.78. The van der Waals surface area contributed by atoms with E-state index in [0.717, 1.165) is 6.07 Å². The maximum absolute atomic E-state index is 12.9. The summed E-state index contributed by atoms with van der Waals surface area (Å²) < 4.78 is 16.2. The quantitative estimate of drug-likeness (QED) is 0.238. The lowest BCUT2D eigenvalue weighted by atomic mass is 9.94. The number of ether oxygens (including phenoxy) is 3. The van der Waals surface area contributed by atoms with E-state index in [2.05, 4.69) is 0 Å². The molecule has 0 aliphatic carbocycles. The molecule has 1 unspecified atom stereocenters. The molecule has 10 nitrogen and oxygen atoms in total. The number of amides is 1. The molecule has 1 saturated heterocycles. The number of hydrogen-bond acceptors (Lipinski definition) is 8. The molecule has 0 bridgehead atoms. The van der Waals surface area contributed by atoms with Crippen molar-refractivity contribution < 1.29 is 33.8 Å². The number of fused-ring (bicyclic) bond motifs is 1. The first kappa shape index (κ1) is 21.3. The minimum absolute atomic E-state index is 0.0616. The highest BCUT2D eigenvalue weighted by Gasteiger charge is 2.46. The van der Waals surface area contributed by atoms with Gasteiger partial charge in [-0.3, -0.25) is 19.7 Å². The number of aliphatic hydroxyl groups excluding tert-OH is 1. The van der Waals surface area contributed by atoms with Gasteiger partial charge in [-0.25, -0.2) is 0 Å². The van der Waals surface area contributed by atoms with E-state index in [1.165, 1.54) is 30.2 Å². The van der Waals surface area contributed by atoms with Gasteiger partial charge in [0.1, 0.15) is 19.0 Å². The van der Waals surface area contributed by atoms with E-state index in [9.17, 15) is 24.8 Å². The average Bonchev–Trinajstić information content (AvgIpc) is 3.06. The number of non-ortho nitro benzene ring substituents is 1. The third-order valence-electron chi connectivity index (χ3n) is 5.29. The highest BCUT2D eigenvalue weighted by molar-refractivity contribution is 6.46. The number of hydrogen-bond donors (Lipinski definition) is 1. The Morgan fingerprint density at radius 1 is 1.19 bits per heavy atom. The van der Waals surface area contributed by atoms with E-state index >= 15 is 0 Å². The first-order chi connectivity index (χ1) is 15.4. The van der Waals surface area contributed by atoms with E-state index in [4.69, 9.17) is 14.2 Å². The van der Waals surface area contributed by atoms with Crippen LogP contribution < -0.4 is 9.47 Å². The lowest BCUT2D eigenvalue weighted by Gasteiger charge is -2.26. The highest BCUT2D eigenvalue weighted by Crippen LogP contribution is 2.42. The van der Waals surface area contributed by atoms with Crippen LogP contribution in [0.25, 0.3) is 5.76 Å². The number of likely N-dealkylation sites (tertiary alicyclic amines) is 1. The molecule has 1 amide bonds. The van der Waals surface area contributed by atoms with Crippen LogP contribution >= 0.6 is 0 Å². The molecule has 0 radical (unpaired) electrons. The molecule has 10 heteroatoms. The minimum atomic E-state index is -0.930. The smallest absolute Gasteiger partial charge is 0.295 e. The Hall–Kier alpha value is -3.92. The molecule has 2 aromatic rings. The largest absolute Gasteiger partial charge is 0.507 e. The predicted molar refractivity (Wildman–Crippen MR) is 111 cm³/mol. The van der Waals surface area contributed by atoms with Crippen molar-refractivity contribution in [1.82, 2.24) is 4.90 Å². The van der Waals surface area contributed by atoms with Crippen LogP contribution in [0.15, 0.2) is 48.0 Å². The number of aliphatic hydroxyl groups is 1. The van der Waals surface area contributed by atoms with E-state index in [-0.39, 0.29) is 30.0 Å². The number of ketones is 1. The number of nitro benzene ring substituents is 1. The molecule has 32 heavy (non-hydrogen) atoms. The topological polar surface area (TPSA) is 128 Å². The number of Topliss-reactive ketones (excluding diaryl/α,β-unsaturated/α-hetero) is 1. The van der Waals surface area contributed by atoms with Crippen molar-refractivity contribution in [3.8, 4) is 11.5 Å². The van der Waals surface area contributed by atoms with Gasteiger partial charge in [0.15, 0.2) is 11.5 Å². The van der Waals surface area contributed by atoms with Gasteiger partial charge >= 0.3 is 0 Å². The zero-order valence-electron chi connectivity index (χ0n) is 17.1. The van der Waals surface area contributed by atoms with Gasteiger partial charge in [-0.05, 0) is 17.7 Å². The minimum Gasteiger partial charge on any atom is -0.507 e. The predicted octanol–water partition coefficient (Wildman–Crippen LogP) is 2.43. The van der Waals surface area contributed by atoms with Crippen molar-refractivity contribution in [3.05, 3.63) is 69.3 Å². The van der Waals surface area contributed by atoms with Crippen LogP contribution in [0.5, 0.6) is 11.5 Å². The first-order valence-corrected chi connectivity index (χ1v) is 9.84. The summed E-state index contributed by atoms with van der Waals surface area (Å²) >= 11 is 0. The number of nitro groups is 1. The van der Waals surface area contributed by atoms with Crippen molar-refractivity contribution in [1.29, 1.82) is 0 Å². The van der Waals surface area contributed by atoms with Gasteiger partial charge in [0.2, 0.25) is 0 Å². The lowest BCUT2D eigenvalue weighted by molar-refractivity contribution is -0.384. The summed E-state index contributed by atoms with van der Waals surface area (Å²) in [7, 11) is 1.47. The van der Waals surface area contributed by atoms with Crippen LogP contribution in [0.1, 0.15) is 17.2 Å². The molecule has 4 rings (SSSR count). The Morgan fingerprint density at radius 3 is 2.66 bits per heavy atom. The summed E-state index contributed by atoms with van der Waals surface area (Å²) in [6.07, 6.45) is 0. The van der Waals surface area contributed by atoms with E-state index < -0.39 is 28.4 Å². The molecule has 2 aliphatic heterocycles. The zero-order valence-corrected chi connectivity index (χ0v) is 17.1. The number of nitrogens with zero attached hydrogens (tertiary/aromatic N) is 2. The number of methoxy groups -OCH3 is 1. The number of carbonyl (C=O) groups excluding carboxylic acids is 2. The summed E-state index contributed by atoms with van der Waals surface area (Å²) in [6, 6.07) is 9.34. The SMILES string of the molecule is COCCN1C(=O)C(=O)/C(=C(\O)c2cccc([N+](=O)[O-])c2)C1c1ccc2c(c1)OCCO2. The molecule has 0 saturated carbocycles. The van der Waals surface area contributed by atoms with Crippen molar-refractivity contribution in [3.63, 3.8) is 0 Å². The molecule has 0 aromatic heterocycles. The fourth-order valence-electron chi connectivity index (χ4n) is 3.80. The first-order valence-electron chi connectivity index (χ1n) is 9.84. The van der Waals surface area contributed by atoms with Crippen LogP contribution in [0, 0.1) is 10.1 Å². The van der Waals surface area contributed by atoms with Crippen molar-refractivity contribution in [2.45, 2.75) is 6.04 Å². The second kappa shape index (κ2) is 8.67. The summed E-state index contributed by atoms with van der Waals surface area (Å²) in [4.78, 5) is 37.6. The normalized spacial score (nSPS) is 19.3. The molecule has 2 heterocycles. The molecule has 1 N–H and O–H groups in total. The number of rotatable bonds is 6. The number of carbonyl (C=O) groups is 2. The molecule has 2 aromatic carbocycles. The molecule has 0 spiro atoms. The third-order valence-corrected chi connectivity index (χ3v) is 5.29. The standard InChI is InChI=1S/C22H20N2O8/c1-30-8-7-23-19(13-5-6-16-17(12-13)32-10-9-31-16)18(21(26)22(23)27)20(25)14-3-2-4-15(11-14)24(28)29/h2-6,11-12,19,25H,7-10H2,1H3/b20-18-. The van der Waals surface area contributed by atoms with Crippen LogP contribution in [-0.2, 0) is 14.3 Å². The number of benzene rings is 2. The lowest BCUT2D eigenvalue weighted by Crippen LogP contribution is -2.32. The summed E-state index contributed by atoms with van der Waals surface area (Å²) in [5, 5.41) is 22.1. The Labute approximate surface area is 182 Å². The van der Waals surface area contributed by atoms with Crippen LogP contribution in [0.3, 0.4) is 0 Å². The fraction of sp³-hybridized carbons (Fsp3) is 0.273.